The van der Waals surface area contributed by atoms with E-state index in [9.17, 15) is 4.79 Å². The molecular formula is C18H15ClIN3O2. The third-order valence-electron chi connectivity index (χ3n) is 3.55. The highest BCUT2D eigenvalue weighted by Gasteiger charge is 2.12. The Bertz CT molecular complexity index is 894. The van der Waals surface area contributed by atoms with E-state index in [4.69, 9.17) is 16.1 Å². The molecule has 0 aliphatic carbocycles. The smallest absolute Gasteiger partial charge is 0.227 e. The average Bonchev–Trinajstić information content (AvgIpc) is 3.05. The van der Waals surface area contributed by atoms with E-state index in [1.165, 1.54) is 5.56 Å². The van der Waals surface area contributed by atoms with Crippen LogP contribution < -0.4 is 5.32 Å². The van der Waals surface area contributed by atoms with Gasteiger partial charge in [0.05, 0.1) is 10.7 Å². The quantitative estimate of drug-likeness (QED) is 0.543. The van der Waals surface area contributed by atoms with Crippen molar-refractivity contribution in [2.75, 3.05) is 5.32 Å². The van der Waals surface area contributed by atoms with Gasteiger partial charge in [-0.3, -0.25) is 4.79 Å². The minimum Gasteiger partial charge on any atom is -0.339 e. The zero-order valence-electron chi connectivity index (χ0n) is 13.4. The first-order chi connectivity index (χ1) is 12.0. The SMILES string of the molecule is Cc1ccc(-c2noc(CCC(=O)Nc3ccc(I)cc3Cl)n2)cc1. The summed E-state index contributed by atoms with van der Waals surface area (Å²) in [6.45, 7) is 2.02. The second-order valence-electron chi connectivity index (χ2n) is 5.55. The summed E-state index contributed by atoms with van der Waals surface area (Å²) in [5, 5.41) is 7.26. The van der Waals surface area contributed by atoms with Gasteiger partial charge in [-0.1, -0.05) is 46.6 Å². The molecule has 3 aromatic rings. The Hall–Kier alpha value is -1.93. The Morgan fingerprint density at radius 1 is 1.24 bits per heavy atom. The van der Waals surface area contributed by atoms with Gasteiger partial charge in [-0.05, 0) is 47.7 Å². The molecule has 0 saturated heterocycles. The number of amides is 1. The van der Waals surface area contributed by atoms with Crippen LogP contribution >= 0.6 is 34.2 Å². The topological polar surface area (TPSA) is 68.0 Å². The highest BCUT2D eigenvalue weighted by molar-refractivity contribution is 14.1. The molecule has 1 heterocycles. The molecule has 25 heavy (non-hydrogen) atoms. The van der Waals surface area contributed by atoms with Crippen LogP contribution in [0.2, 0.25) is 5.02 Å². The molecule has 0 radical (unpaired) electrons. The van der Waals surface area contributed by atoms with Gasteiger partial charge in [-0.2, -0.15) is 4.98 Å². The molecule has 7 heteroatoms. The third kappa shape index (κ3) is 4.79. The Morgan fingerprint density at radius 2 is 2.00 bits per heavy atom. The minimum atomic E-state index is -0.154. The molecule has 0 aliphatic rings. The first-order valence-electron chi connectivity index (χ1n) is 7.66. The van der Waals surface area contributed by atoms with Gasteiger partial charge in [0.1, 0.15) is 0 Å². The zero-order chi connectivity index (χ0) is 17.8. The van der Waals surface area contributed by atoms with Crippen molar-refractivity contribution in [1.29, 1.82) is 0 Å². The lowest BCUT2D eigenvalue weighted by Gasteiger charge is -2.06. The van der Waals surface area contributed by atoms with E-state index in [1.54, 1.807) is 12.1 Å². The normalized spacial score (nSPS) is 10.7. The second kappa shape index (κ2) is 7.97. The second-order valence-corrected chi connectivity index (χ2v) is 7.20. The summed E-state index contributed by atoms with van der Waals surface area (Å²) >= 11 is 8.28. The predicted octanol–water partition coefficient (Wildman–Crippen LogP) is 4.87. The van der Waals surface area contributed by atoms with Crippen LogP contribution in [-0.4, -0.2) is 16.0 Å². The van der Waals surface area contributed by atoms with Crippen molar-refractivity contribution >= 4 is 45.8 Å². The van der Waals surface area contributed by atoms with Crippen LogP contribution in [0.15, 0.2) is 47.0 Å². The van der Waals surface area contributed by atoms with Gasteiger partial charge in [0.15, 0.2) is 0 Å². The van der Waals surface area contributed by atoms with E-state index >= 15 is 0 Å². The largest absolute Gasteiger partial charge is 0.339 e. The number of carbonyl (C=O) groups is 1. The van der Waals surface area contributed by atoms with E-state index in [1.807, 2.05) is 37.3 Å². The number of nitrogens with one attached hydrogen (secondary N) is 1. The van der Waals surface area contributed by atoms with Crippen LogP contribution in [0.5, 0.6) is 0 Å². The Morgan fingerprint density at radius 3 is 2.72 bits per heavy atom. The fourth-order valence-electron chi connectivity index (χ4n) is 2.20. The molecule has 3 rings (SSSR count). The van der Waals surface area contributed by atoms with E-state index in [-0.39, 0.29) is 12.3 Å². The molecule has 0 bridgehead atoms. The number of aromatic nitrogens is 2. The summed E-state index contributed by atoms with van der Waals surface area (Å²) in [6, 6.07) is 13.3. The van der Waals surface area contributed by atoms with Gasteiger partial charge in [-0.15, -0.1) is 0 Å². The Balaban J connectivity index is 1.58. The third-order valence-corrected chi connectivity index (χ3v) is 4.53. The standard InChI is InChI=1S/C18H15ClIN3O2/c1-11-2-4-12(5-3-11)18-22-17(25-23-18)9-8-16(24)21-15-7-6-13(20)10-14(15)19/h2-7,10H,8-9H2,1H3,(H,21,24). The number of benzene rings is 2. The van der Waals surface area contributed by atoms with Crippen molar-refractivity contribution in [1.82, 2.24) is 10.1 Å². The van der Waals surface area contributed by atoms with E-state index < -0.39 is 0 Å². The van der Waals surface area contributed by atoms with E-state index in [0.29, 0.717) is 28.8 Å². The maximum atomic E-state index is 12.1. The van der Waals surface area contributed by atoms with Crippen molar-refractivity contribution < 1.29 is 9.32 Å². The molecule has 1 amide bonds. The van der Waals surface area contributed by atoms with Crippen molar-refractivity contribution in [3.63, 3.8) is 0 Å². The lowest BCUT2D eigenvalue weighted by atomic mass is 10.1. The summed E-state index contributed by atoms with van der Waals surface area (Å²) in [7, 11) is 0. The summed E-state index contributed by atoms with van der Waals surface area (Å²) < 4.78 is 6.23. The molecule has 0 atom stereocenters. The van der Waals surface area contributed by atoms with E-state index in [0.717, 1.165) is 9.13 Å². The predicted molar refractivity (Wildman–Crippen MR) is 106 cm³/mol. The monoisotopic (exact) mass is 467 g/mol. The molecule has 2 aromatic carbocycles. The molecule has 0 unspecified atom stereocenters. The van der Waals surface area contributed by atoms with Gasteiger partial charge >= 0.3 is 0 Å². The molecule has 1 aromatic heterocycles. The minimum absolute atomic E-state index is 0.154. The van der Waals surface area contributed by atoms with Gasteiger partial charge in [-0.25, -0.2) is 0 Å². The first-order valence-corrected chi connectivity index (χ1v) is 9.11. The summed E-state index contributed by atoms with van der Waals surface area (Å²) in [4.78, 5) is 16.4. The van der Waals surface area contributed by atoms with Gasteiger partial charge in [0.2, 0.25) is 17.6 Å². The summed E-state index contributed by atoms with van der Waals surface area (Å²) in [5.41, 5.74) is 2.65. The summed E-state index contributed by atoms with van der Waals surface area (Å²) in [5.74, 6) is 0.800. The van der Waals surface area contributed by atoms with Crippen LogP contribution in [-0.2, 0) is 11.2 Å². The number of rotatable bonds is 5. The number of anilines is 1. The van der Waals surface area contributed by atoms with Crippen LogP contribution in [0, 0.1) is 10.5 Å². The lowest BCUT2D eigenvalue weighted by Crippen LogP contribution is -2.12. The number of hydrogen-bond acceptors (Lipinski definition) is 4. The highest BCUT2D eigenvalue weighted by atomic mass is 127. The summed E-state index contributed by atoms with van der Waals surface area (Å²) in [6.07, 6.45) is 0.602. The molecule has 128 valence electrons. The van der Waals surface area contributed by atoms with Crippen LogP contribution in [0.4, 0.5) is 5.69 Å². The molecule has 0 aliphatic heterocycles. The number of halogens is 2. The number of nitrogens with zero attached hydrogens (tertiary/aromatic N) is 2. The van der Waals surface area contributed by atoms with Gasteiger partial charge in [0.25, 0.3) is 0 Å². The lowest BCUT2D eigenvalue weighted by molar-refractivity contribution is -0.116. The molecule has 5 nitrogen and oxygen atoms in total. The fourth-order valence-corrected chi connectivity index (χ4v) is 3.10. The van der Waals surface area contributed by atoms with Gasteiger partial charge < -0.3 is 9.84 Å². The molecule has 0 fully saturated rings. The Labute approximate surface area is 163 Å². The first kappa shape index (κ1) is 17.9. The molecule has 1 N–H and O–H groups in total. The highest BCUT2D eigenvalue weighted by Crippen LogP contribution is 2.24. The van der Waals surface area contributed by atoms with Crippen molar-refractivity contribution in [2.24, 2.45) is 0 Å². The number of carbonyl (C=O) groups excluding carboxylic acids is 1. The maximum Gasteiger partial charge on any atom is 0.227 e. The van der Waals surface area contributed by atoms with Gasteiger partial charge in [0, 0.05) is 22.0 Å². The number of hydrogen-bond donors (Lipinski definition) is 1. The Kier molecular flexibility index (Phi) is 5.70. The maximum absolute atomic E-state index is 12.1. The molecule has 0 spiro atoms. The molecular weight excluding hydrogens is 453 g/mol. The van der Waals surface area contributed by atoms with Crippen molar-refractivity contribution in [3.8, 4) is 11.4 Å². The average molecular weight is 468 g/mol. The van der Waals surface area contributed by atoms with E-state index in [2.05, 4.69) is 38.0 Å². The van der Waals surface area contributed by atoms with Crippen LogP contribution in [0.1, 0.15) is 17.9 Å². The number of aryl methyl sites for hydroxylation is 2. The fraction of sp³-hybridized carbons (Fsp3) is 0.167. The molecule has 0 saturated carbocycles. The van der Waals surface area contributed by atoms with Crippen LogP contribution in [0.3, 0.4) is 0 Å². The van der Waals surface area contributed by atoms with Crippen molar-refractivity contribution in [2.45, 2.75) is 19.8 Å². The zero-order valence-corrected chi connectivity index (χ0v) is 16.3. The van der Waals surface area contributed by atoms with Crippen molar-refractivity contribution in [3.05, 3.63) is 62.5 Å². The van der Waals surface area contributed by atoms with Crippen LogP contribution in [0.25, 0.3) is 11.4 Å².